The van der Waals surface area contributed by atoms with Crippen LogP contribution < -0.4 is 9.64 Å². The van der Waals surface area contributed by atoms with Crippen LogP contribution in [0.3, 0.4) is 0 Å². The Kier molecular flexibility index (Phi) is 2.75. The maximum Gasteiger partial charge on any atom is 0.231 e. The molecule has 0 atom stereocenters. The molecule has 3 rings (SSSR count). The number of benzene rings is 2. The van der Waals surface area contributed by atoms with Crippen molar-refractivity contribution in [2.45, 2.75) is 6.42 Å². The maximum atomic E-state index is 11.7. The third kappa shape index (κ3) is 1.97. The molecule has 1 aliphatic rings. The number of rotatable bonds is 2. The van der Waals surface area contributed by atoms with Crippen molar-refractivity contribution >= 4 is 11.6 Å². The average Bonchev–Trinajstić information content (AvgIpc) is 2.74. The van der Waals surface area contributed by atoms with Crippen molar-refractivity contribution in [3.05, 3.63) is 48.0 Å². The summed E-state index contributed by atoms with van der Waals surface area (Å²) in [6, 6.07) is 14.1. The minimum atomic E-state index is 0.155. The topological polar surface area (TPSA) is 29.5 Å². The lowest BCUT2D eigenvalue weighted by Gasteiger charge is -2.10. The van der Waals surface area contributed by atoms with Crippen LogP contribution >= 0.6 is 0 Å². The third-order valence-electron chi connectivity index (χ3n) is 3.58. The van der Waals surface area contributed by atoms with E-state index in [1.54, 1.807) is 12.0 Å². The van der Waals surface area contributed by atoms with Gasteiger partial charge in [0.1, 0.15) is 5.75 Å². The molecule has 19 heavy (non-hydrogen) atoms. The van der Waals surface area contributed by atoms with Crippen molar-refractivity contribution in [2.75, 3.05) is 19.1 Å². The van der Waals surface area contributed by atoms with Gasteiger partial charge in [0.25, 0.3) is 0 Å². The van der Waals surface area contributed by atoms with Crippen LogP contribution in [0.1, 0.15) is 5.56 Å². The van der Waals surface area contributed by atoms with Crippen LogP contribution in [0.5, 0.6) is 5.75 Å². The first-order chi connectivity index (χ1) is 9.19. The quantitative estimate of drug-likeness (QED) is 0.823. The zero-order valence-corrected chi connectivity index (χ0v) is 11.0. The highest BCUT2D eigenvalue weighted by Gasteiger charge is 2.23. The van der Waals surface area contributed by atoms with Gasteiger partial charge in [0, 0.05) is 12.7 Å². The lowest BCUT2D eigenvalue weighted by Crippen LogP contribution is -2.20. The summed E-state index contributed by atoms with van der Waals surface area (Å²) in [6.45, 7) is 0. The summed E-state index contributed by atoms with van der Waals surface area (Å²) in [5, 5.41) is 0. The minimum absolute atomic E-state index is 0.155. The van der Waals surface area contributed by atoms with Crippen molar-refractivity contribution in [3.8, 4) is 16.9 Å². The predicted molar refractivity (Wildman–Crippen MR) is 75.5 cm³/mol. The van der Waals surface area contributed by atoms with Gasteiger partial charge in [-0.3, -0.25) is 4.79 Å². The molecule has 0 radical (unpaired) electrons. The SMILES string of the molecule is COc1ccc(-c2ccc3c(c2)CC(=O)N3C)cc1. The highest BCUT2D eigenvalue weighted by molar-refractivity contribution is 6.01. The predicted octanol–water partition coefficient (Wildman–Crippen LogP) is 2.88. The van der Waals surface area contributed by atoms with E-state index in [-0.39, 0.29) is 5.91 Å². The van der Waals surface area contributed by atoms with Gasteiger partial charge < -0.3 is 9.64 Å². The Balaban J connectivity index is 1.98. The van der Waals surface area contributed by atoms with E-state index in [0.717, 1.165) is 28.1 Å². The van der Waals surface area contributed by atoms with Gasteiger partial charge in [-0.25, -0.2) is 0 Å². The van der Waals surface area contributed by atoms with Crippen LogP contribution in [0.25, 0.3) is 11.1 Å². The Morgan fingerprint density at radius 2 is 1.74 bits per heavy atom. The van der Waals surface area contributed by atoms with E-state index in [1.807, 2.05) is 37.4 Å². The number of anilines is 1. The molecule has 2 aromatic rings. The molecule has 0 aromatic heterocycles. The van der Waals surface area contributed by atoms with Crippen LogP contribution in [0.4, 0.5) is 5.69 Å². The standard InChI is InChI=1S/C16H15NO2/c1-17-15-8-5-12(9-13(15)10-16(17)18)11-3-6-14(19-2)7-4-11/h3-9H,10H2,1-2H3. The second-order valence-corrected chi connectivity index (χ2v) is 4.70. The highest BCUT2D eigenvalue weighted by atomic mass is 16.5. The average molecular weight is 253 g/mol. The Bertz CT molecular complexity index is 632. The monoisotopic (exact) mass is 253 g/mol. The summed E-state index contributed by atoms with van der Waals surface area (Å²) >= 11 is 0. The van der Waals surface area contributed by atoms with Gasteiger partial charge in [-0.05, 0) is 41.0 Å². The molecule has 0 N–H and O–H groups in total. The van der Waals surface area contributed by atoms with E-state index in [1.165, 1.54) is 0 Å². The largest absolute Gasteiger partial charge is 0.497 e. The van der Waals surface area contributed by atoms with E-state index in [4.69, 9.17) is 4.74 Å². The fourth-order valence-electron chi connectivity index (χ4n) is 2.43. The zero-order valence-electron chi connectivity index (χ0n) is 11.0. The van der Waals surface area contributed by atoms with Crippen molar-refractivity contribution < 1.29 is 9.53 Å². The van der Waals surface area contributed by atoms with E-state index < -0.39 is 0 Å². The normalized spacial score (nSPS) is 13.6. The van der Waals surface area contributed by atoms with Gasteiger partial charge in [0.2, 0.25) is 5.91 Å². The number of fused-ring (bicyclic) bond motifs is 1. The lowest BCUT2D eigenvalue weighted by molar-refractivity contribution is -0.117. The second kappa shape index (κ2) is 4.43. The lowest BCUT2D eigenvalue weighted by atomic mass is 10.0. The summed E-state index contributed by atoms with van der Waals surface area (Å²) in [5.41, 5.74) is 4.37. The summed E-state index contributed by atoms with van der Waals surface area (Å²) in [7, 11) is 3.48. The molecule has 2 aromatic carbocycles. The Morgan fingerprint density at radius 1 is 1.05 bits per heavy atom. The number of amides is 1. The molecule has 1 heterocycles. The molecule has 1 amide bonds. The Hall–Kier alpha value is -2.29. The van der Waals surface area contributed by atoms with Gasteiger partial charge in [0.15, 0.2) is 0 Å². The molecule has 0 bridgehead atoms. The summed E-state index contributed by atoms with van der Waals surface area (Å²) in [4.78, 5) is 13.4. The first-order valence-electron chi connectivity index (χ1n) is 6.23. The molecule has 0 unspecified atom stereocenters. The molecule has 0 aliphatic carbocycles. The number of hydrogen-bond acceptors (Lipinski definition) is 2. The van der Waals surface area contributed by atoms with Gasteiger partial charge >= 0.3 is 0 Å². The second-order valence-electron chi connectivity index (χ2n) is 4.70. The van der Waals surface area contributed by atoms with Crippen LogP contribution in [0.2, 0.25) is 0 Å². The first-order valence-corrected chi connectivity index (χ1v) is 6.23. The highest BCUT2D eigenvalue weighted by Crippen LogP contribution is 2.32. The summed E-state index contributed by atoms with van der Waals surface area (Å²) in [5.74, 6) is 1.00. The van der Waals surface area contributed by atoms with Crippen molar-refractivity contribution in [3.63, 3.8) is 0 Å². The third-order valence-corrected chi connectivity index (χ3v) is 3.58. The first kappa shape index (κ1) is 11.8. The summed E-state index contributed by atoms with van der Waals surface area (Å²) in [6.07, 6.45) is 0.496. The Morgan fingerprint density at radius 3 is 2.42 bits per heavy atom. The minimum Gasteiger partial charge on any atom is -0.497 e. The molecular weight excluding hydrogens is 238 g/mol. The van der Waals surface area contributed by atoms with Crippen LogP contribution in [-0.2, 0) is 11.2 Å². The number of likely N-dealkylation sites (N-methyl/N-ethyl adjacent to an activating group) is 1. The van der Waals surface area contributed by atoms with E-state index in [9.17, 15) is 4.79 Å². The van der Waals surface area contributed by atoms with Crippen LogP contribution in [0.15, 0.2) is 42.5 Å². The number of nitrogens with zero attached hydrogens (tertiary/aromatic N) is 1. The van der Waals surface area contributed by atoms with Crippen LogP contribution in [0, 0.1) is 0 Å². The van der Waals surface area contributed by atoms with Crippen molar-refractivity contribution in [2.24, 2.45) is 0 Å². The number of hydrogen-bond donors (Lipinski definition) is 0. The van der Waals surface area contributed by atoms with Crippen molar-refractivity contribution in [1.29, 1.82) is 0 Å². The fraction of sp³-hybridized carbons (Fsp3) is 0.188. The van der Waals surface area contributed by atoms with Gasteiger partial charge in [-0.1, -0.05) is 18.2 Å². The molecule has 96 valence electrons. The molecule has 1 aliphatic heterocycles. The van der Waals surface area contributed by atoms with E-state index in [0.29, 0.717) is 6.42 Å². The molecule has 0 spiro atoms. The summed E-state index contributed by atoms with van der Waals surface area (Å²) < 4.78 is 5.16. The molecule has 3 heteroatoms. The van der Waals surface area contributed by atoms with Gasteiger partial charge in [-0.15, -0.1) is 0 Å². The van der Waals surface area contributed by atoms with Gasteiger partial charge in [0.05, 0.1) is 13.5 Å². The van der Waals surface area contributed by atoms with E-state index in [2.05, 4.69) is 12.1 Å². The Labute approximate surface area is 112 Å². The van der Waals surface area contributed by atoms with Crippen molar-refractivity contribution in [1.82, 2.24) is 0 Å². The zero-order chi connectivity index (χ0) is 13.4. The molecule has 0 fully saturated rings. The molecule has 0 saturated carbocycles. The fourth-order valence-corrected chi connectivity index (χ4v) is 2.43. The van der Waals surface area contributed by atoms with Crippen LogP contribution in [-0.4, -0.2) is 20.1 Å². The number of carbonyl (C=O) groups excluding carboxylic acids is 1. The molecule has 3 nitrogen and oxygen atoms in total. The maximum absolute atomic E-state index is 11.7. The number of carbonyl (C=O) groups is 1. The van der Waals surface area contributed by atoms with Gasteiger partial charge in [-0.2, -0.15) is 0 Å². The molecular formula is C16H15NO2. The molecule has 0 saturated heterocycles. The number of ether oxygens (including phenoxy) is 1. The van der Waals surface area contributed by atoms with E-state index >= 15 is 0 Å². The smallest absolute Gasteiger partial charge is 0.231 e. The number of methoxy groups -OCH3 is 1.